The Bertz CT molecular complexity index is 1020. The highest BCUT2D eigenvalue weighted by molar-refractivity contribution is 6.30. The second-order valence-electron chi connectivity index (χ2n) is 5.71. The molecule has 2 aromatic heterocycles. The normalized spacial score (nSPS) is 11.4. The Morgan fingerprint density at radius 3 is 2.50 bits per heavy atom. The lowest BCUT2D eigenvalue weighted by atomic mass is 10.2. The fourth-order valence-electron chi connectivity index (χ4n) is 2.43. The van der Waals surface area contributed by atoms with Crippen LogP contribution in [0.5, 0.6) is 0 Å². The molecule has 1 aromatic carbocycles. The highest BCUT2D eigenvalue weighted by atomic mass is 35.5. The van der Waals surface area contributed by atoms with E-state index in [4.69, 9.17) is 11.6 Å². The van der Waals surface area contributed by atoms with Crippen LogP contribution in [0.3, 0.4) is 0 Å². The number of aromatic nitrogens is 3. The number of alkyl halides is 3. The van der Waals surface area contributed by atoms with E-state index in [1.807, 2.05) is 0 Å². The molecule has 2 N–H and O–H groups in total. The van der Waals surface area contributed by atoms with Crippen molar-refractivity contribution in [3.05, 3.63) is 64.6 Å². The number of carbonyl (C=O) groups excluding carboxylic acids is 2. The van der Waals surface area contributed by atoms with Gasteiger partial charge in [-0.3, -0.25) is 14.0 Å². The summed E-state index contributed by atoms with van der Waals surface area (Å²) in [6, 6.07) is 9.07. The van der Waals surface area contributed by atoms with Crippen molar-refractivity contribution in [1.29, 1.82) is 0 Å². The van der Waals surface area contributed by atoms with Crippen molar-refractivity contribution < 1.29 is 22.8 Å². The highest BCUT2D eigenvalue weighted by Crippen LogP contribution is 2.33. The quantitative estimate of drug-likeness (QED) is 0.675. The van der Waals surface area contributed by atoms with Crippen molar-refractivity contribution >= 4 is 29.1 Å². The van der Waals surface area contributed by atoms with E-state index in [1.54, 1.807) is 30.3 Å². The number of carbonyl (C=O) groups is 2. The van der Waals surface area contributed by atoms with Crippen LogP contribution in [-0.4, -0.2) is 33.0 Å². The van der Waals surface area contributed by atoms with Crippen molar-refractivity contribution in [1.82, 2.24) is 25.2 Å². The van der Waals surface area contributed by atoms with Crippen LogP contribution in [0.2, 0.25) is 5.02 Å². The first-order valence-corrected chi connectivity index (χ1v) is 8.34. The summed E-state index contributed by atoms with van der Waals surface area (Å²) in [7, 11) is 0. The molecule has 0 bridgehead atoms. The fraction of sp³-hybridized carbons (Fsp3) is 0.176. The molecule has 0 saturated heterocycles. The Labute approximate surface area is 161 Å². The molecule has 2 heterocycles. The largest absolute Gasteiger partial charge is 0.420 e. The Hall–Kier alpha value is -3.14. The molecule has 146 valence electrons. The maximum absolute atomic E-state index is 13.1. The number of amides is 2. The van der Waals surface area contributed by atoms with Gasteiger partial charge >= 0.3 is 6.18 Å². The minimum atomic E-state index is -4.65. The molecule has 11 heteroatoms. The predicted octanol–water partition coefficient (Wildman–Crippen LogP) is 2.45. The van der Waals surface area contributed by atoms with Crippen molar-refractivity contribution in [2.24, 2.45) is 0 Å². The smallest absolute Gasteiger partial charge is 0.347 e. The molecule has 0 atom stereocenters. The van der Waals surface area contributed by atoms with Gasteiger partial charge in [0.1, 0.15) is 5.56 Å². The average molecular weight is 412 g/mol. The molecule has 0 aliphatic rings. The number of hydrogen-bond acceptors (Lipinski definition) is 4. The van der Waals surface area contributed by atoms with E-state index in [-0.39, 0.29) is 23.9 Å². The summed E-state index contributed by atoms with van der Waals surface area (Å²) in [5, 5.41) is 12.0. The summed E-state index contributed by atoms with van der Waals surface area (Å²) in [5.41, 5.74) is -1.05. The van der Waals surface area contributed by atoms with E-state index >= 15 is 0 Å². The van der Waals surface area contributed by atoms with E-state index in [0.717, 1.165) is 10.5 Å². The molecule has 0 aliphatic heterocycles. The molecule has 3 rings (SSSR count). The molecule has 2 amide bonds. The minimum absolute atomic E-state index is 0.0609. The van der Waals surface area contributed by atoms with Crippen LogP contribution >= 0.6 is 11.6 Å². The molecule has 28 heavy (non-hydrogen) atoms. The maximum Gasteiger partial charge on any atom is 0.420 e. The minimum Gasteiger partial charge on any atom is -0.347 e. The number of rotatable bonds is 5. The zero-order chi connectivity index (χ0) is 20.3. The Balaban J connectivity index is 1.65. The van der Waals surface area contributed by atoms with Gasteiger partial charge in [0.15, 0.2) is 11.5 Å². The Morgan fingerprint density at radius 1 is 1.11 bits per heavy atom. The molecule has 0 saturated carbocycles. The number of nitrogens with one attached hydrogen (secondary N) is 2. The number of hydrogen-bond donors (Lipinski definition) is 2. The molecule has 0 aliphatic carbocycles. The lowest BCUT2D eigenvalue weighted by Gasteiger charge is -2.09. The lowest BCUT2D eigenvalue weighted by Crippen LogP contribution is -2.36. The van der Waals surface area contributed by atoms with Crippen molar-refractivity contribution in [3.8, 4) is 0 Å². The van der Waals surface area contributed by atoms with E-state index in [0.29, 0.717) is 5.56 Å². The van der Waals surface area contributed by atoms with E-state index in [9.17, 15) is 22.8 Å². The van der Waals surface area contributed by atoms with Gasteiger partial charge in [0, 0.05) is 11.8 Å². The first-order valence-electron chi connectivity index (χ1n) is 7.96. The van der Waals surface area contributed by atoms with Crippen LogP contribution in [-0.2, 0) is 17.5 Å². The highest BCUT2D eigenvalue weighted by Gasteiger charge is 2.35. The number of fused-ring (bicyclic) bond motifs is 1. The van der Waals surface area contributed by atoms with Gasteiger partial charge in [0.2, 0.25) is 5.91 Å². The van der Waals surface area contributed by atoms with Crippen LogP contribution in [0.1, 0.15) is 21.7 Å². The fourth-order valence-corrected chi connectivity index (χ4v) is 2.63. The first kappa shape index (κ1) is 19.6. The van der Waals surface area contributed by atoms with Gasteiger partial charge < -0.3 is 10.6 Å². The lowest BCUT2D eigenvalue weighted by molar-refractivity contribution is -0.136. The van der Waals surface area contributed by atoms with E-state index in [2.05, 4.69) is 20.8 Å². The van der Waals surface area contributed by atoms with Gasteiger partial charge in [-0.1, -0.05) is 29.8 Å². The van der Waals surface area contributed by atoms with E-state index in [1.165, 1.54) is 6.20 Å². The average Bonchev–Trinajstić information content (AvgIpc) is 3.06. The monoisotopic (exact) mass is 411 g/mol. The van der Waals surface area contributed by atoms with Gasteiger partial charge in [-0.15, -0.1) is 10.2 Å². The van der Waals surface area contributed by atoms with Crippen LogP contribution in [0.15, 0.2) is 42.6 Å². The number of benzene rings is 1. The molecule has 0 radical (unpaired) electrons. The van der Waals surface area contributed by atoms with Crippen molar-refractivity contribution in [2.75, 3.05) is 6.54 Å². The summed E-state index contributed by atoms with van der Waals surface area (Å²) in [5.74, 6) is -0.907. The van der Waals surface area contributed by atoms with Crippen LogP contribution in [0, 0.1) is 0 Å². The molecule has 3 aromatic rings. The molecular weight excluding hydrogens is 399 g/mol. The zero-order valence-electron chi connectivity index (χ0n) is 14.1. The summed E-state index contributed by atoms with van der Waals surface area (Å²) < 4.78 is 40.3. The standard InChI is InChI=1S/C17H13ClF3N5O2/c18-11-6-12(17(19,20)21)15-25-24-13(26(15)9-11)7-22-14(27)8-23-16(28)10-4-2-1-3-5-10/h1-6,9H,7-8H2,(H,22,27)(H,23,28). The Morgan fingerprint density at radius 2 is 1.82 bits per heavy atom. The summed E-state index contributed by atoms with van der Waals surface area (Å²) in [6.07, 6.45) is -3.42. The van der Waals surface area contributed by atoms with Gasteiger partial charge in [-0.2, -0.15) is 13.2 Å². The molecule has 0 spiro atoms. The molecule has 7 nitrogen and oxygen atoms in total. The summed E-state index contributed by atoms with van der Waals surface area (Å²) in [4.78, 5) is 23.8. The third-order valence-corrected chi connectivity index (χ3v) is 3.94. The second-order valence-corrected chi connectivity index (χ2v) is 6.14. The second kappa shape index (κ2) is 7.85. The molecule has 0 fully saturated rings. The number of halogens is 4. The van der Waals surface area contributed by atoms with Gasteiger partial charge in [-0.05, 0) is 18.2 Å². The van der Waals surface area contributed by atoms with Crippen molar-refractivity contribution in [3.63, 3.8) is 0 Å². The van der Waals surface area contributed by atoms with E-state index < -0.39 is 29.2 Å². The number of nitrogens with zero attached hydrogens (tertiary/aromatic N) is 3. The van der Waals surface area contributed by atoms with Crippen LogP contribution < -0.4 is 10.6 Å². The predicted molar refractivity (Wildman–Crippen MR) is 93.6 cm³/mol. The molecule has 0 unspecified atom stereocenters. The van der Waals surface area contributed by atoms with Gasteiger partial charge in [0.05, 0.1) is 18.1 Å². The van der Waals surface area contributed by atoms with Crippen molar-refractivity contribution in [2.45, 2.75) is 12.7 Å². The van der Waals surface area contributed by atoms with Crippen LogP contribution in [0.25, 0.3) is 5.65 Å². The SMILES string of the molecule is O=C(CNC(=O)c1ccccc1)NCc1nnc2c(C(F)(F)F)cc(Cl)cn12. The van der Waals surface area contributed by atoms with Gasteiger partial charge in [0.25, 0.3) is 5.91 Å². The summed E-state index contributed by atoms with van der Waals surface area (Å²) in [6.45, 7) is -0.502. The topological polar surface area (TPSA) is 88.4 Å². The maximum atomic E-state index is 13.1. The number of pyridine rings is 1. The third-order valence-electron chi connectivity index (χ3n) is 3.74. The zero-order valence-corrected chi connectivity index (χ0v) is 14.9. The van der Waals surface area contributed by atoms with Crippen LogP contribution in [0.4, 0.5) is 13.2 Å². The Kier molecular flexibility index (Phi) is 5.50. The third kappa shape index (κ3) is 4.39. The molecular formula is C17H13ClF3N5O2. The summed E-state index contributed by atoms with van der Waals surface area (Å²) >= 11 is 5.75. The van der Waals surface area contributed by atoms with Gasteiger partial charge in [-0.25, -0.2) is 0 Å². The first-order chi connectivity index (χ1) is 13.3.